The highest BCUT2D eigenvalue weighted by atomic mass is 32.1. The van der Waals surface area contributed by atoms with Crippen molar-refractivity contribution in [3.8, 4) is 11.3 Å². The molecular weight excluding hydrogens is 406 g/mol. The summed E-state index contributed by atoms with van der Waals surface area (Å²) < 4.78 is 2.29. The van der Waals surface area contributed by atoms with Crippen LogP contribution in [0, 0.1) is 29.9 Å². The normalized spacial score (nSPS) is 13.0. The average molecular weight is 438 g/mol. The van der Waals surface area contributed by atoms with Gasteiger partial charge in [-0.2, -0.15) is 0 Å². The van der Waals surface area contributed by atoms with Gasteiger partial charge >= 0.3 is 0 Å². The van der Waals surface area contributed by atoms with Crippen molar-refractivity contribution in [2.75, 3.05) is 0 Å². The molecule has 1 aromatic heterocycles. The Balaban J connectivity index is 2.05. The molecule has 1 unspecified atom stereocenters. The summed E-state index contributed by atoms with van der Waals surface area (Å²) in [5.74, 6) is 0.688. The average Bonchev–Trinajstić information content (AvgIpc) is 3.14. The van der Waals surface area contributed by atoms with Gasteiger partial charge in [-0.25, -0.2) is 4.99 Å². The molecule has 0 saturated heterocycles. The highest BCUT2D eigenvalue weighted by Crippen LogP contribution is 2.28. The summed E-state index contributed by atoms with van der Waals surface area (Å²) in [6, 6.07) is 13.4. The first-order valence-electron chi connectivity index (χ1n) is 10.8. The van der Waals surface area contributed by atoms with Crippen molar-refractivity contribution in [2.45, 2.75) is 59.9 Å². The van der Waals surface area contributed by atoms with E-state index in [4.69, 9.17) is 4.99 Å². The quantitative estimate of drug-likeness (QED) is 0.273. The lowest BCUT2D eigenvalue weighted by molar-refractivity contribution is -0.384. The van der Waals surface area contributed by atoms with E-state index in [9.17, 15) is 10.1 Å². The van der Waals surface area contributed by atoms with Crippen molar-refractivity contribution in [2.24, 2.45) is 10.9 Å². The number of nitro groups is 1. The molecule has 0 aliphatic rings. The Bertz CT molecular complexity index is 1110. The van der Waals surface area contributed by atoms with E-state index >= 15 is 0 Å². The summed E-state index contributed by atoms with van der Waals surface area (Å²) in [5, 5.41) is 13.2. The molecule has 1 atom stereocenters. The number of aromatic nitrogens is 1. The maximum atomic E-state index is 11.0. The molecule has 0 saturated carbocycles. The fourth-order valence-corrected chi connectivity index (χ4v) is 4.67. The Morgan fingerprint density at radius 2 is 1.74 bits per heavy atom. The van der Waals surface area contributed by atoms with Crippen LogP contribution >= 0.6 is 11.3 Å². The SMILES string of the molecule is Cc1ccc(N=c2scc(-c3ccc([N+](=O)[O-])cc3)n2C(C)CCCC(C)C)cc1C. The Morgan fingerprint density at radius 3 is 2.35 bits per heavy atom. The van der Waals surface area contributed by atoms with Crippen LogP contribution in [0.3, 0.4) is 0 Å². The Morgan fingerprint density at radius 1 is 1.03 bits per heavy atom. The molecule has 0 N–H and O–H groups in total. The summed E-state index contributed by atoms with van der Waals surface area (Å²) in [5.41, 5.74) is 5.56. The molecule has 0 radical (unpaired) electrons. The molecule has 0 amide bonds. The Labute approximate surface area is 188 Å². The van der Waals surface area contributed by atoms with Gasteiger partial charge < -0.3 is 4.57 Å². The van der Waals surface area contributed by atoms with Crippen LogP contribution in [0.25, 0.3) is 11.3 Å². The number of nitrogens with zero attached hydrogens (tertiary/aromatic N) is 3. The molecule has 2 aromatic carbocycles. The molecule has 5 nitrogen and oxygen atoms in total. The summed E-state index contributed by atoms with van der Waals surface area (Å²) in [4.78, 5) is 16.6. The van der Waals surface area contributed by atoms with Crippen molar-refractivity contribution in [1.29, 1.82) is 0 Å². The van der Waals surface area contributed by atoms with Crippen molar-refractivity contribution in [3.05, 3.63) is 73.9 Å². The summed E-state index contributed by atoms with van der Waals surface area (Å²) in [7, 11) is 0. The van der Waals surface area contributed by atoms with Gasteiger partial charge in [-0.15, -0.1) is 11.3 Å². The van der Waals surface area contributed by atoms with Crippen molar-refractivity contribution in [3.63, 3.8) is 0 Å². The van der Waals surface area contributed by atoms with E-state index in [0.29, 0.717) is 5.92 Å². The predicted octanol–water partition coefficient (Wildman–Crippen LogP) is 7.36. The fraction of sp³-hybridized carbons (Fsp3) is 0.400. The van der Waals surface area contributed by atoms with E-state index in [-0.39, 0.29) is 16.7 Å². The van der Waals surface area contributed by atoms with Gasteiger partial charge in [0.25, 0.3) is 5.69 Å². The minimum absolute atomic E-state index is 0.107. The molecule has 0 aliphatic heterocycles. The lowest BCUT2D eigenvalue weighted by atomic mass is 10.0. The molecule has 6 heteroatoms. The van der Waals surface area contributed by atoms with Gasteiger partial charge in [0.1, 0.15) is 0 Å². The standard InChI is InChI=1S/C25H31N3O2S/c1-17(2)7-6-8-20(5)27-24(21-10-13-23(14-11-21)28(29)30)16-31-25(27)26-22-12-9-18(3)19(4)15-22/h9-17,20H,6-8H2,1-5H3. The van der Waals surface area contributed by atoms with Crippen molar-refractivity contribution in [1.82, 2.24) is 4.57 Å². The molecular formula is C25H31N3O2S. The largest absolute Gasteiger partial charge is 0.314 e. The van der Waals surface area contributed by atoms with E-state index in [2.05, 4.69) is 62.8 Å². The molecule has 1 heterocycles. The highest BCUT2D eigenvalue weighted by Gasteiger charge is 2.15. The fourth-order valence-electron chi connectivity index (χ4n) is 3.65. The minimum atomic E-state index is -0.361. The minimum Gasteiger partial charge on any atom is -0.314 e. The van der Waals surface area contributed by atoms with Crippen LogP contribution in [-0.2, 0) is 0 Å². The molecule has 3 rings (SSSR count). The van der Waals surface area contributed by atoms with Gasteiger partial charge in [0.15, 0.2) is 4.80 Å². The molecule has 31 heavy (non-hydrogen) atoms. The van der Waals surface area contributed by atoms with E-state index in [1.165, 1.54) is 17.5 Å². The van der Waals surface area contributed by atoms with E-state index in [0.717, 1.165) is 34.6 Å². The predicted molar refractivity (Wildman–Crippen MR) is 129 cm³/mol. The second-order valence-electron chi connectivity index (χ2n) is 8.63. The zero-order valence-electron chi connectivity index (χ0n) is 19.0. The van der Waals surface area contributed by atoms with Crippen LogP contribution in [0.1, 0.15) is 57.2 Å². The Hall–Kier alpha value is -2.73. The Kier molecular flexibility index (Phi) is 7.44. The third-order valence-electron chi connectivity index (χ3n) is 5.67. The topological polar surface area (TPSA) is 60.4 Å². The lowest BCUT2D eigenvalue weighted by Crippen LogP contribution is -2.20. The second kappa shape index (κ2) is 10.1. The van der Waals surface area contributed by atoms with Gasteiger partial charge in [-0.3, -0.25) is 10.1 Å². The number of thiazole rings is 1. The number of non-ortho nitro benzene ring substituents is 1. The van der Waals surface area contributed by atoms with Crippen LogP contribution in [0.2, 0.25) is 0 Å². The summed E-state index contributed by atoms with van der Waals surface area (Å²) in [6.07, 6.45) is 3.42. The zero-order valence-corrected chi connectivity index (χ0v) is 19.8. The third-order valence-corrected chi connectivity index (χ3v) is 6.51. The first-order chi connectivity index (χ1) is 14.8. The van der Waals surface area contributed by atoms with Crippen LogP contribution in [-0.4, -0.2) is 9.49 Å². The molecule has 0 aliphatic carbocycles. The first kappa shape index (κ1) is 22.9. The number of nitro benzene ring substituents is 1. The van der Waals surface area contributed by atoms with Gasteiger partial charge in [0.05, 0.1) is 16.3 Å². The molecule has 0 fully saturated rings. The maximum Gasteiger partial charge on any atom is 0.269 e. The smallest absolute Gasteiger partial charge is 0.269 e. The lowest BCUT2D eigenvalue weighted by Gasteiger charge is -2.18. The van der Waals surface area contributed by atoms with Crippen molar-refractivity contribution < 1.29 is 4.92 Å². The van der Waals surface area contributed by atoms with Crippen LogP contribution in [0.5, 0.6) is 0 Å². The summed E-state index contributed by atoms with van der Waals surface area (Å²) in [6.45, 7) is 11.0. The van der Waals surface area contributed by atoms with Crippen LogP contribution in [0.15, 0.2) is 52.8 Å². The number of benzene rings is 2. The van der Waals surface area contributed by atoms with Crippen LogP contribution in [0.4, 0.5) is 11.4 Å². The van der Waals surface area contributed by atoms with Crippen LogP contribution < -0.4 is 4.80 Å². The van der Waals surface area contributed by atoms with Gasteiger partial charge in [-0.05, 0) is 74.1 Å². The molecule has 3 aromatic rings. The zero-order chi connectivity index (χ0) is 22.5. The molecule has 0 bridgehead atoms. The monoisotopic (exact) mass is 437 g/mol. The first-order valence-corrected chi connectivity index (χ1v) is 11.7. The van der Waals surface area contributed by atoms with Crippen molar-refractivity contribution >= 4 is 22.7 Å². The van der Waals surface area contributed by atoms with E-state index in [1.54, 1.807) is 23.5 Å². The van der Waals surface area contributed by atoms with Gasteiger partial charge in [0.2, 0.25) is 0 Å². The highest BCUT2D eigenvalue weighted by molar-refractivity contribution is 7.07. The second-order valence-corrected chi connectivity index (χ2v) is 9.47. The van der Waals surface area contributed by atoms with E-state index in [1.807, 2.05) is 12.1 Å². The molecule has 0 spiro atoms. The number of hydrogen-bond donors (Lipinski definition) is 0. The number of hydrogen-bond acceptors (Lipinski definition) is 4. The van der Waals surface area contributed by atoms with Gasteiger partial charge in [0, 0.05) is 23.6 Å². The maximum absolute atomic E-state index is 11.0. The number of aryl methyl sites for hydroxylation is 2. The van der Waals surface area contributed by atoms with E-state index < -0.39 is 0 Å². The third kappa shape index (κ3) is 5.70. The molecule has 164 valence electrons. The van der Waals surface area contributed by atoms with Gasteiger partial charge in [-0.1, -0.05) is 32.8 Å². The number of rotatable bonds is 8. The summed E-state index contributed by atoms with van der Waals surface area (Å²) >= 11 is 1.62.